The van der Waals surface area contributed by atoms with Crippen molar-refractivity contribution in [2.45, 2.75) is 6.92 Å². The van der Waals surface area contributed by atoms with Gasteiger partial charge in [0, 0.05) is 12.4 Å². The van der Waals surface area contributed by atoms with Gasteiger partial charge < -0.3 is 5.11 Å². The molecule has 0 bridgehead atoms. The van der Waals surface area contributed by atoms with E-state index >= 15 is 0 Å². The molecule has 0 unspecified atom stereocenters. The molecule has 6 heteroatoms. The van der Waals surface area contributed by atoms with Gasteiger partial charge in [0.15, 0.2) is 0 Å². The van der Waals surface area contributed by atoms with Crippen LogP contribution in [0.15, 0.2) is 42.7 Å². The van der Waals surface area contributed by atoms with Gasteiger partial charge in [0.25, 0.3) is 11.8 Å². The first-order valence-corrected chi connectivity index (χ1v) is 5.88. The van der Waals surface area contributed by atoms with Crippen LogP contribution in [0.1, 0.15) is 26.3 Å². The van der Waals surface area contributed by atoms with Crippen LogP contribution in [0, 0.1) is 6.92 Å². The first kappa shape index (κ1) is 13.5. The highest BCUT2D eigenvalue weighted by Crippen LogP contribution is 2.17. The second-order valence-corrected chi connectivity index (χ2v) is 4.17. The highest BCUT2D eigenvalue weighted by atomic mass is 16.3. The smallest absolute Gasteiger partial charge is 0.273 e. The summed E-state index contributed by atoms with van der Waals surface area (Å²) in [7, 11) is 0. The number of phenols is 1. The highest BCUT2D eigenvalue weighted by molar-refractivity contribution is 6.00. The van der Waals surface area contributed by atoms with Crippen molar-refractivity contribution in [2.75, 3.05) is 0 Å². The van der Waals surface area contributed by atoms with Crippen molar-refractivity contribution in [1.29, 1.82) is 0 Å². The Labute approximate surface area is 115 Å². The van der Waals surface area contributed by atoms with Crippen molar-refractivity contribution in [3.05, 3.63) is 59.4 Å². The molecule has 0 aliphatic carbocycles. The number of rotatable bonds is 2. The maximum atomic E-state index is 11.8. The molecule has 2 aromatic rings. The minimum atomic E-state index is -0.597. The van der Waals surface area contributed by atoms with E-state index in [-0.39, 0.29) is 11.3 Å². The number of nitrogens with one attached hydrogen (secondary N) is 2. The Morgan fingerprint density at radius 1 is 1.15 bits per heavy atom. The fourth-order valence-electron chi connectivity index (χ4n) is 1.58. The molecule has 0 atom stereocenters. The summed E-state index contributed by atoms with van der Waals surface area (Å²) in [6.07, 6.45) is 2.92. The van der Waals surface area contributed by atoms with E-state index < -0.39 is 11.8 Å². The molecule has 6 nitrogen and oxygen atoms in total. The Bertz CT molecular complexity index is 641. The number of benzene rings is 1. The second-order valence-electron chi connectivity index (χ2n) is 4.17. The molecule has 0 fully saturated rings. The van der Waals surface area contributed by atoms with Crippen LogP contribution in [0.2, 0.25) is 0 Å². The van der Waals surface area contributed by atoms with Gasteiger partial charge in [-0.3, -0.25) is 25.4 Å². The number of hydrogen-bond acceptors (Lipinski definition) is 4. The van der Waals surface area contributed by atoms with Crippen LogP contribution in [0.5, 0.6) is 5.75 Å². The second kappa shape index (κ2) is 5.83. The number of aryl methyl sites for hydroxylation is 1. The average molecular weight is 271 g/mol. The van der Waals surface area contributed by atoms with Crippen LogP contribution in [0.4, 0.5) is 0 Å². The number of carbonyl (C=O) groups is 2. The van der Waals surface area contributed by atoms with Gasteiger partial charge in [0.1, 0.15) is 5.75 Å². The topological polar surface area (TPSA) is 91.3 Å². The van der Waals surface area contributed by atoms with Crippen molar-refractivity contribution >= 4 is 11.8 Å². The Balaban J connectivity index is 2.00. The molecule has 20 heavy (non-hydrogen) atoms. The van der Waals surface area contributed by atoms with Crippen LogP contribution in [-0.4, -0.2) is 21.9 Å². The molecule has 0 saturated heterocycles. The SMILES string of the molecule is Cc1ccc(C(=O)NNC(=O)c2cccnc2)c(O)c1. The molecule has 102 valence electrons. The van der Waals surface area contributed by atoms with Crippen LogP contribution < -0.4 is 10.9 Å². The van der Waals surface area contributed by atoms with Crippen LogP contribution >= 0.6 is 0 Å². The molecule has 2 amide bonds. The molecular weight excluding hydrogens is 258 g/mol. The molecule has 3 N–H and O–H groups in total. The summed E-state index contributed by atoms with van der Waals surface area (Å²) in [5.74, 6) is -1.23. The van der Waals surface area contributed by atoms with E-state index in [0.717, 1.165) is 5.56 Å². The molecule has 1 aromatic carbocycles. The third-order valence-corrected chi connectivity index (χ3v) is 2.61. The van der Waals surface area contributed by atoms with Gasteiger partial charge in [-0.05, 0) is 36.8 Å². The number of hydrogen-bond donors (Lipinski definition) is 3. The van der Waals surface area contributed by atoms with Crippen molar-refractivity contribution < 1.29 is 14.7 Å². The molecule has 0 spiro atoms. The Kier molecular flexibility index (Phi) is 3.95. The number of hydrazine groups is 1. The van der Waals surface area contributed by atoms with Crippen molar-refractivity contribution in [3.63, 3.8) is 0 Å². The number of aromatic nitrogens is 1. The highest BCUT2D eigenvalue weighted by Gasteiger charge is 2.12. The average Bonchev–Trinajstić information content (AvgIpc) is 2.45. The maximum Gasteiger partial charge on any atom is 0.273 e. The van der Waals surface area contributed by atoms with E-state index in [0.29, 0.717) is 5.56 Å². The number of amides is 2. The quantitative estimate of drug-likeness (QED) is 0.715. The lowest BCUT2D eigenvalue weighted by atomic mass is 10.1. The van der Waals surface area contributed by atoms with Crippen LogP contribution in [0.25, 0.3) is 0 Å². The molecule has 0 aliphatic rings. The monoisotopic (exact) mass is 271 g/mol. The third-order valence-electron chi connectivity index (χ3n) is 2.61. The molecule has 1 heterocycles. The summed E-state index contributed by atoms with van der Waals surface area (Å²) in [5, 5.41) is 9.66. The van der Waals surface area contributed by atoms with E-state index in [1.54, 1.807) is 31.3 Å². The fourth-order valence-corrected chi connectivity index (χ4v) is 1.58. The zero-order chi connectivity index (χ0) is 14.5. The van der Waals surface area contributed by atoms with Crippen molar-refractivity contribution in [2.24, 2.45) is 0 Å². The van der Waals surface area contributed by atoms with E-state index in [2.05, 4.69) is 15.8 Å². The normalized spacial score (nSPS) is 9.85. The zero-order valence-electron chi connectivity index (χ0n) is 10.8. The number of nitrogens with zero attached hydrogens (tertiary/aromatic N) is 1. The standard InChI is InChI=1S/C14H13N3O3/c1-9-4-5-11(12(18)7-9)14(20)17-16-13(19)10-3-2-6-15-8-10/h2-8,18H,1H3,(H,16,19)(H,17,20). The Morgan fingerprint density at radius 2 is 1.90 bits per heavy atom. The van der Waals surface area contributed by atoms with E-state index in [1.807, 2.05) is 0 Å². The lowest BCUT2D eigenvalue weighted by Crippen LogP contribution is -2.41. The predicted molar refractivity (Wildman–Crippen MR) is 72.0 cm³/mol. The van der Waals surface area contributed by atoms with Crippen LogP contribution in [-0.2, 0) is 0 Å². The third kappa shape index (κ3) is 3.11. The lowest BCUT2D eigenvalue weighted by Gasteiger charge is -2.08. The number of pyridine rings is 1. The Morgan fingerprint density at radius 3 is 2.55 bits per heavy atom. The maximum absolute atomic E-state index is 11.8. The van der Waals surface area contributed by atoms with E-state index in [4.69, 9.17) is 0 Å². The number of aromatic hydroxyl groups is 1. The van der Waals surface area contributed by atoms with Gasteiger partial charge in [0.05, 0.1) is 11.1 Å². The first-order valence-electron chi connectivity index (χ1n) is 5.88. The minimum absolute atomic E-state index is 0.0853. The predicted octanol–water partition coefficient (Wildman–Crippen LogP) is 1.17. The minimum Gasteiger partial charge on any atom is -0.507 e. The molecule has 0 saturated carbocycles. The van der Waals surface area contributed by atoms with Crippen LogP contribution in [0.3, 0.4) is 0 Å². The van der Waals surface area contributed by atoms with E-state index in [1.165, 1.54) is 18.3 Å². The van der Waals surface area contributed by atoms with Gasteiger partial charge in [-0.2, -0.15) is 0 Å². The van der Waals surface area contributed by atoms with Gasteiger partial charge in [-0.25, -0.2) is 0 Å². The summed E-state index contributed by atoms with van der Waals surface area (Å²) in [6.45, 7) is 1.80. The Hall–Kier alpha value is -2.89. The van der Waals surface area contributed by atoms with E-state index in [9.17, 15) is 14.7 Å². The summed E-state index contributed by atoms with van der Waals surface area (Å²) >= 11 is 0. The molecule has 1 aromatic heterocycles. The van der Waals surface area contributed by atoms with Crippen molar-refractivity contribution in [1.82, 2.24) is 15.8 Å². The number of carbonyl (C=O) groups excluding carboxylic acids is 2. The molecule has 2 rings (SSSR count). The van der Waals surface area contributed by atoms with Gasteiger partial charge in [-0.15, -0.1) is 0 Å². The summed E-state index contributed by atoms with van der Waals surface area (Å²) in [5.41, 5.74) is 5.72. The van der Waals surface area contributed by atoms with Gasteiger partial charge >= 0.3 is 0 Å². The fraction of sp³-hybridized carbons (Fsp3) is 0.0714. The largest absolute Gasteiger partial charge is 0.507 e. The van der Waals surface area contributed by atoms with Gasteiger partial charge in [-0.1, -0.05) is 6.07 Å². The summed E-state index contributed by atoms with van der Waals surface area (Å²) in [6, 6.07) is 7.83. The molecular formula is C14H13N3O3. The number of phenolic OH excluding ortho intramolecular Hbond substituents is 1. The zero-order valence-corrected chi connectivity index (χ0v) is 10.8. The molecule has 0 radical (unpaired) electrons. The summed E-state index contributed by atoms with van der Waals surface area (Å²) < 4.78 is 0. The van der Waals surface area contributed by atoms with Crippen molar-refractivity contribution in [3.8, 4) is 5.75 Å². The summed E-state index contributed by atoms with van der Waals surface area (Å²) in [4.78, 5) is 27.3. The van der Waals surface area contributed by atoms with Gasteiger partial charge in [0.2, 0.25) is 0 Å². The molecule has 0 aliphatic heterocycles. The first-order chi connectivity index (χ1) is 9.58. The lowest BCUT2D eigenvalue weighted by molar-refractivity contribution is 0.0845.